The molecule has 0 radical (unpaired) electrons. The third-order valence-electron chi connectivity index (χ3n) is 3.53. The van der Waals surface area contributed by atoms with Crippen molar-refractivity contribution < 1.29 is 15.0 Å². The first kappa shape index (κ1) is 10.2. The summed E-state index contributed by atoms with van der Waals surface area (Å²) in [6, 6.07) is 0. The largest absolute Gasteiger partial charge is 0.479 e. The highest BCUT2D eigenvalue weighted by atomic mass is 16.4. The van der Waals surface area contributed by atoms with Gasteiger partial charge in [-0.05, 0) is 18.4 Å². The molecule has 1 aromatic rings. The van der Waals surface area contributed by atoms with Crippen LogP contribution in [-0.2, 0) is 16.8 Å². The van der Waals surface area contributed by atoms with E-state index in [2.05, 4.69) is 4.98 Å². The average molecular weight is 209 g/mol. The summed E-state index contributed by atoms with van der Waals surface area (Å²) in [5.74, 6) is -1.17. The van der Waals surface area contributed by atoms with Gasteiger partial charge < -0.3 is 15.2 Å². The second kappa shape index (κ2) is 2.85. The molecule has 0 aliphatic heterocycles. The molecular formula is C11H15NO3. The molecule has 1 unspecified atom stereocenters. The lowest BCUT2D eigenvalue weighted by Crippen LogP contribution is -2.51. The molecule has 0 bridgehead atoms. The van der Waals surface area contributed by atoms with Crippen molar-refractivity contribution in [3.8, 4) is 0 Å². The molecule has 0 amide bonds. The number of aromatic nitrogens is 1. The Kier molecular flexibility index (Phi) is 1.95. The van der Waals surface area contributed by atoms with E-state index in [1.54, 1.807) is 26.2 Å². The number of hydrogen-bond donors (Lipinski definition) is 3. The fraction of sp³-hybridized carbons (Fsp3) is 0.545. The number of hydrogen-bond acceptors (Lipinski definition) is 2. The van der Waals surface area contributed by atoms with Crippen molar-refractivity contribution >= 4 is 5.97 Å². The summed E-state index contributed by atoms with van der Waals surface area (Å²) in [4.78, 5) is 14.2. The first-order valence-electron chi connectivity index (χ1n) is 5.01. The van der Waals surface area contributed by atoms with E-state index in [0.717, 1.165) is 12.0 Å². The van der Waals surface area contributed by atoms with Gasteiger partial charge in [-0.1, -0.05) is 13.8 Å². The summed E-state index contributed by atoms with van der Waals surface area (Å²) >= 11 is 0. The van der Waals surface area contributed by atoms with Gasteiger partial charge in [0.15, 0.2) is 5.60 Å². The number of aryl methyl sites for hydroxylation is 1. The highest BCUT2D eigenvalue weighted by Gasteiger charge is 2.54. The number of H-pyrrole nitrogens is 1. The van der Waals surface area contributed by atoms with Crippen LogP contribution in [0.3, 0.4) is 0 Å². The molecule has 0 saturated carbocycles. The van der Waals surface area contributed by atoms with Gasteiger partial charge in [0.2, 0.25) is 0 Å². The predicted molar refractivity (Wildman–Crippen MR) is 54.4 cm³/mol. The highest BCUT2D eigenvalue weighted by Crippen LogP contribution is 2.48. The van der Waals surface area contributed by atoms with Gasteiger partial charge in [-0.2, -0.15) is 0 Å². The van der Waals surface area contributed by atoms with Crippen LogP contribution in [-0.4, -0.2) is 21.2 Å². The molecule has 4 nitrogen and oxygen atoms in total. The molecule has 2 rings (SSSR count). The van der Waals surface area contributed by atoms with Crippen LogP contribution in [0.15, 0.2) is 12.4 Å². The molecule has 0 fully saturated rings. The van der Waals surface area contributed by atoms with E-state index in [1.807, 2.05) is 0 Å². The van der Waals surface area contributed by atoms with Crippen LogP contribution in [0.2, 0.25) is 0 Å². The normalized spacial score (nSPS) is 28.5. The van der Waals surface area contributed by atoms with Crippen LogP contribution in [0.1, 0.15) is 31.4 Å². The van der Waals surface area contributed by atoms with E-state index in [0.29, 0.717) is 12.0 Å². The number of nitrogens with one attached hydrogen (secondary N) is 1. The molecule has 1 aromatic heterocycles. The lowest BCUT2D eigenvalue weighted by molar-refractivity contribution is -0.177. The molecule has 0 aromatic carbocycles. The summed E-state index contributed by atoms with van der Waals surface area (Å²) in [7, 11) is 0. The number of aliphatic carboxylic acids is 1. The smallest absolute Gasteiger partial charge is 0.341 e. The number of carbonyl (C=O) groups is 1. The van der Waals surface area contributed by atoms with Crippen molar-refractivity contribution in [1.82, 2.24) is 4.98 Å². The number of aliphatic hydroxyl groups is 1. The minimum Gasteiger partial charge on any atom is -0.479 e. The van der Waals surface area contributed by atoms with Gasteiger partial charge >= 0.3 is 5.97 Å². The zero-order chi connectivity index (χ0) is 11.3. The van der Waals surface area contributed by atoms with Crippen LogP contribution in [0.5, 0.6) is 0 Å². The molecular weight excluding hydrogens is 194 g/mol. The van der Waals surface area contributed by atoms with E-state index in [1.165, 1.54) is 0 Å². The minimum atomic E-state index is -1.78. The van der Waals surface area contributed by atoms with Gasteiger partial charge in [0.25, 0.3) is 0 Å². The van der Waals surface area contributed by atoms with Crippen molar-refractivity contribution in [3.05, 3.63) is 23.5 Å². The second-order valence-corrected chi connectivity index (χ2v) is 4.79. The number of fused-ring (bicyclic) bond motifs is 1. The van der Waals surface area contributed by atoms with Gasteiger partial charge in [-0.15, -0.1) is 0 Å². The SMILES string of the molecule is CC1(C)CCc2c[nH]cc2C1(O)C(=O)O. The van der Waals surface area contributed by atoms with Crippen LogP contribution in [0, 0.1) is 5.41 Å². The Bertz CT molecular complexity index is 408. The summed E-state index contributed by atoms with van der Waals surface area (Å²) < 4.78 is 0. The monoisotopic (exact) mass is 209 g/mol. The summed E-state index contributed by atoms with van der Waals surface area (Å²) in [6.45, 7) is 3.58. The zero-order valence-corrected chi connectivity index (χ0v) is 8.87. The van der Waals surface area contributed by atoms with Crippen molar-refractivity contribution in [3.63, 3.8) is 0 Å². The van der Waals surface area contributed by atoms with Gasteiger partial charge in [0.05, 0.1) is 0 Å². The average Bonchev–Trinajstić information content (AvgIpc) is 2.60. The Morgan fingerprint density at radius 3 is 2.73 bits per heavy atom. The second-order valence-electron chi connectivity index (χ2n) is 4.79. The van der Waals surface area contributed by atoms with Crippen LogP contribution in [0.25, 0.3) is 0 Å². The Morgan fingerprint density at radius 2 is 2.13 bits per heavy atom. The van der Waals surface area contributed by atoms with E-state index in [9.17, 15) is 15.0 Å². The number of aromatic amines is 1. The van der Waals surface area contributed by atoms with Crippen LogP contribution >= 0.6 is 0 Å². The Hall–Kier alpha value is -1.29. The topological polar surface area (TPSA) is 73.3 Å². The predicted octanol–water partition coefficient (Wildman–Crippen LogP) is 1.26. The number of carboxylic acids is 1. The van der Waals surface area contributed by atoms with E-state index >= 15 is 0 Å². The molecule has 1 aliphatic rings. The highest BCUT2D eigenvalue weighted by molar-refractivity contribution is 5.81. The molecule has 3 N–H and O–H groups in total. The zero-order valence-electron chi connectivity index (χ0n) is 8.87. The minimum absolute atomic E-state index is 0.506. The van der Waals surface area contributed by atoms with Gasteiger partial charge in [-0.3, -0.25) is 0 Å². The fourth-order valence-electron chi connectivity index (χ4n) is 2.34. The Balaban J connectivity index is 2.64. The third kappa shape index (κ3) is 1.14. The molecule has 4 heteroatoms. The maximum absolute atomic E-state index is 11.3. The molecule has 15 heavy (non-hydrogen) atoms. The lowest BCUT2D eigenvalue weighted by Gasteiger charge is -2.43. The van der Waals surface area contributed by atoms with Crippen molar-refractivity contribution in [1.29, 1.82) is 0 Å². The van der Waals surface area contributed by atoms with Gasteiger partial charge in [-0.25, -0.2) is 4.79 Å². The first-order chi connectivity index (χ1) is 6.89. The maximum atomic E-state index is 11.3. The standard InChI is InChI=1S/C11H15NO3/c1-10(2)4-3-7-5-12-6-8(7)11(10,15)9(13)14/h5-6,12,15H,3-4H2,1-2H3,(H,13,14). The van der Waals surface area contributed by atoms with Crippen molar-refractivity contribution in [2.45, 2.75) is 32.3 Å². The van der Waals surface area contributed by atoms with Gasteiger partial charge in [0, 0.05) is 23.4 Å². The molecule has 82 valence electrons. The van der Waals surface area contributed by atoms with E-state index in [-0.39, 0.29) is 0 Å². The fourth-order valence-corrected chi connectivity index (χ4v) is 2.34. The van der Waals surface area contributed by atoms with E-state index < -0.39 is 17.0 Å². The molecule has 1 aliphatic carbocycles. The van der Waals surface area contributed by atoms with Gasteiger partial charge in [0.1, 0.15) is 0 Å². The summed E-state index contributed by atoms with van der Waals surface area (Å²) in [5.41, 5.74) is -1.01. The van der Waals surface area contributed by atoms with E-state index in [4.69, 9.17) is 0 Å². The molecule has 1 heterocycles. The lowest BCUT2D eigenvalue weighted by atomic mass is 9.64. The molecule has 1 atom stereocenters. The first-order valence-corrected chi connectivity index (χ1v) is 5.01. The quantitative estimate of drug-likeness (QED) is 0.652. The Labute approximate surface area is 87.9 Å². The molecule has 0 spiro atoms. The maximum Gasteiger partial charge on any atom is 0.341 e. The van der Waals surface area contributed by atoms with Crippen LogP contribution in [0.4, 0.5) is 0 Å². The van der Waals surface area contributed by atoms with Crippen molar-refractivity contribution in [2.24, 2.45) is 5.41 Å². The number of rotatable bonds is 1. The summed E-state index contributed by atoms with van der Waals surface area (Å²) in [5, 5.41) is 19.6. The van der Waals surface area contributed by atoms with Crippen LogP contribution < -0.4 is 0 Å². The third-order valence-corrected chi connectivity index (χ3v) is 3.53. The molecule has 0 saturated heterocycles. The number of carboxylic acid groups (broad SMARTS) is 1. The Morgan fingerprint density at radius 1 is 1.47 bits per heavy atom. The van der Waals surface area contributed by atoms with Crippen molar-refractivity contribution in [2.75, 3.05) is 0 Å². The summed E-state index contributed by atoms with van der Waals surface area (Å²) in [6.07, 6.45) is 4.82.